The van der Waals surface area contributed by atoms with E-state index in [1.165, 1.54) is 16.7 Å². The van der Waals surface area contributed by atoms with E-state index in [2.05, 4.69) is 198 Å². The third-order valence-electron chi connectivity index (χ3n) is 10.5. The minimum atomic E-state index is -0.316. The molecule has 0 aliphatic carbocycles. The van der Waals surface area contributed by atoms with Crippen molar-refractivity contribution in [3.8, 4) is 17.3 Å². The van der Waals surface area contributed by atoms with Crippen LogP contribution in [0.15, 0.2) is 139 Å². The number of pyridine rings is 1. The first-order valence-corrected chi connectivity index (χ1v) is 18.7. The van der Waals surface area contributed by atoms with Crippen molar-refractivity contribution in [1.29, 1.82) is 0 Å². The summed E-state index contributed by atoms with van der Waals surface area (Å²) in [6.07, 6.45) is 4.15. The van der Waals surface area contributed by atoms with Crippen LogP contribution in [0.5, 0.6) is 11.5 Å². The van der Waals surface area contributed by atoms with Crippen molar-refractivity contribution < 1.29 is 25.8 Å². The second kappa shape index (κ2) is 14.5. The van der Waals surface area contributed by atoms with Crippen LogP contribution in [-0.4, -0.2) is 9.55 Å². The third-order valence-corrected chi connectivity index (χ3v) is 10.5. The summed E-state index contributed by atoms with van der Waals surface area (Å²) in [5.41, 5.74) is 8.57. The average Bonchev–Trinajstić information content (AvgIpc) is 3.76. The fraction of sp³-hybridized carbons (Fsp3) is 0.224. The smallest absolute Gasteiger partial charge is 0.135 e. The maximum atomic E-state index is 6.60. The van der Waals surface area contributed by atoms with Crippen molar-refractivity contribution in [2.45, 2.75) is 71.6 Å². The second-order valence-electron chi connectivity index (χ2n) is 16.8. The van der Waals surface area contributed by atoms with E-state index in [0.29, 0.717) is 11.5 Å². The number of aromatic nitrogens is 2. The fourth-order valence-corrected chi connectivity index (χ4v) is 7.28. The molecule has 5 aromatic carbocycles. The van der Waals surface area contributed by atoms with E-state index in [1.54, 1.807) is 0 Å². The Balaban J connectivity index is 0.00000465. The number of fused-ring (bicyclic) bond motifs is 3. The maximum Gasteiger partial charge on any atom is 0.135 e. The van der Waals surface area contributed by atoms with E-state index >= 15 is 0 Å². The van der Waals surface area contributed by atoms with Gasteiger partial charge in [0.1, 0.15) is 5.82 Å². The van der Waals surface area contributed by atoms with Gasteiger partial charge in [0.15, 0.2) is 0 Å². The van der Waals surface area contributed by atoms with Gasteiger partial charge in [0.25, 0.3) is 0 Å². The standard InChI is InChI=1S/C49H47N4O.Pt/c1-47(2,3)35-18-14-19-37(28-35)51-32-45(49(7,8)34-16-10-9-11-17-34)52(33-51)38-20-15-21-39(30-38)54-40-24-25-42-41-22-12-13-23-43(41)53(44(42)31-40)46-29-36(26-27-50-46)48(4,5)6;/h9-29,32-33H,1-8H3;/q-3;. The Morgan fingerprint density at radius 3 is 2.05 bits per heavy atom. The number of hydrogen-bond donors (Lipinski definition) is 0. The van der Waals surface area contributed by atoms with Crippen molar-refractivity contribution in [1.82, 2.24) is 9.55 Å². The Labute approximate surface area is 340 Å². The number of nitrogens with zero attached hydrogens (tertiary/aromatic N) is 4. The van der Waals surface area contributed by atoms with Gasteiger partial charge >= 0.3 is 0 Å². The summed E-state index contributed by atoms with van der Waals surface area (Å²) in [5.74, 6) is 2.08. The van der Waals surface area contributed by atoms with Gasteiger partial charge in [-0.2, -0.15) is 12.1 Å². The zero-order valence-electron chi connectivity index (χ0n) is 32.8. The molecule has 0 amide bonds. The molecule has 0 saturated carbocycles. The van der Waals surface area contributed by atoms with Crippen LogP contribution >= 0.6 is 0 Å². The monoisotopic (exact) mass is 902 g/mol. The summed E-state index contributed by atoms with van der Waals surface area (Å²) < 4.78 is 8.80. The fourth-order valence-electron chi connectivity index (χ4n) is 7.28. The van der Waals surface area contributed by atoms with Crippen LogP contribution in [0.2, 0.25) is 0 Å². The van der Waals surface area contributed by atoms with Crippen molar-refractivity contribution in [3.63, 3.8) is 0 Å². The van der Waals surface area contributed by atoms with Crippen LogP contribution in [0.3, 0.4) is 0 Å². The first kappa shape index (κ1) is 38.2. The summed E-state index contributed by atoms with van der Waals surface area (Å²) in [5, 5.41) is 2.24. The van der Waals surface area contributed by atoms with Crippen molar-refractivity contribution in [2.75, 3.05) is 9.80 Å². The van der Waals surface area contributed by atoms with E-state index in [4.69, 9.17) is 9.72 Å². The van der Waals surface area contributed by atoms with Gasteiger partial charge in [-0.1, -0.05) is 122 Å². The molecule has 1 aliphatic heterocycles. The molecule has 0 saturated heterocycles. The van der Waals surface area contributed by atoms with Gasteiger partial charge in [-0.3, -0.25) is 0 Å². The summed E-state index contributed by atoms with van der Waals surface area (Å²) in [4.78, 5) is 9.30. The molecular weight excluding hydrogens is 856 g/mol. The van der Waals surface area contributed by atoms with Crippen molar-refractivity contribution >= 4 is 33.2 Å². The molecule has 0 radical (unpaired) electrons. The van der Waals surface area contributed by atoms with Gasteiger partial charge in [-0.25, -0.2) is 4.98 Å². The molecule has 8 rings (SSSR count). The maximum absolute atomic E-state index is 6.60. The number of anilines is 2. The molecule has 7 aromatic rings. The molecule has 0 N–H and O–H groups in total. The number of benzene rings is 5. The van der Waals surface area contributed by atoms with Crippen LogP contribution in [-0.2, 0) is 37.3 Å². The van der Waals surface area contributed by atoms with E-state index in [-0.39, 0.29) is 37.3 Å². The van der Waals surface area contributed by atoms with Gasteiger partial charge in [0.2, 0.25) is 0 Å². The van der Waals surface area contributed by atoms with Crippen LogP contribution < -0.4 is 14.5 Å². The normalized spacial score (nSPS) is 13.6. The molecule has 0 bridgehead atoms. The molecule has 6 heteroatoms. The Hall–Kier alpha value is -5.12. The molecule has 5 nitrogen and oxygen atoms in total. The van der Waals surface area contributed by atoms with Crippen LogP contribution in [0.25, 0.3) is 27.6 Å². The predicted octanol–water partition coefficient (Wildman–Crippen LogP) is 12.4. The van der Waals surface area contributed by atoms with Gasteiger partial charge in [0, 0.05) is 61.1 Å². The Bertz CT molecular complexity index is 2520. The van der Waals surface area contributed by atoms with Gasteiger partial charge in [-0.05, 0) is 69.4 Å². The number of ether oxygens (including phenoxy) is 1. The predicted molar refractivity (Wildman–Crippen MR) is 223 cm³/mol. The summed E-state index contributed by atoms with van der Waals surface area (Å²) in [6, 6.07) is 49.6. The van der Waals surface area contributed by atoms with Crippen LogP contribution in [0.4, 0.5) is 11.4 Å². The molecule has 2 aromatic heterocycles. The molecule has 0 unspecified atom stereocenters. The first-order chi connectivity index (χ1) is 25.8. The van der Waals surface area contributed by atoms with Crippen molar-refractivity contribution in [3.05, 3.63) is 175 Å². The summed E-state index contributed by atoms with van der Waals surface area (Å²) >= 11 is 0. The van der Waals surface area contributed by atoms with E-state index < -0.39 is 0 Å². The minimum absolute atomic E-state index is 0. The van der Waals surface area contributed by atoms with Gasteiger partial charge < -0.3 is 19.1 Å². The quantitative estimate of drug-likeness (QED) is 0.149. The molecule has 3 heterocycles. The molecular formula is C49H47N4OPt-3. The second-order valence-corrected chi connectivity index (χ2v) is 16.8. The van der Waals surface area contributed by atoms with Crippen LogP contribution in [0, 0.1) is 18.8 Å². The van der Waals surface area contributed by atoms with Gasteiger partial charge in [0.05, 0.1) is 0 Å². The van der Waals surface area contributed by atoms with Crippen LogP contribution in [0.1, 0.15) is 72.1 Å². The molecule has 0 spiro atoms. The Morgan fingerprint density at radius 1 is 0.618 bits per heavy atom. The number of para-hydroxylation sites is 1. The Kier molecular flexibility index (Phi) is 10.1. The summed E-state index contributed by atoms with van der Waals surface area (Å²) in [7, 11) is 0. The average molecular weight is 903 g/mol. The zero-order valence-corrected chi connectivity index (χ0v) is 35.1. The number of hydrogen-bond acceptors (Lipinski definition) is 4. The Morgan fingerprint density at radius 2 is 1.29 bits per heavy atom. The third kappa shape index (κ3) is 7.35. The van der Waals surface area contributed by atoms with E-state index in [1.807, 2.05) is 24.4 Å². The number of allylic oxidation sites excluding steroid dienone is 1. The minimum Gasteiger partial charge on any atom is -0.509 e. The molecule has 0 fully saturated rings. The van der Waals surface area contributed by atoms with E-state index in [0.717, 1.165) is 44.7 Å². The molecule has 1 aliphatic rings. The zero-order chi connectivity index (χ0) is 37.8. The molecule has 282 valence electrons. The molecule has 55 heavy (non-hydrogen) atoms. The van der Waals surface area contributed by atoms with Crippen molar-refractivity contribution in [2.24, 2.45) is 0 Å². The number of rotatable bonds is 7. The van der Waals surface area contributed by atoms with E-state index in [9.17, 15) is 0 Å². The summed E-state index contributed by atoms with van der Waals surface area (Å²) in [6.45, 7) is 20.2. The topological polar surface area (TPSA) is 33.5 Å². The first-order valence-electron chi connectivity index (χ1n) is 18.7. The molecule has 0 atom stereocenters. The SMILES string of the molecule is CC(C)(C)c1cccc(N2C=C(C(C)(C)c3ccccc3)N(c3[c-]c(Oc4[c-]c5c(cc4)c4ccccc4n5-c4cc(C(C)(C)C)ccn4)ccc3)[CH-]2)c1.[Pt]. The van der Waals surface area contributed by atoms with Gasteiger partial charge in [-0.15, -0.1) is 48.1 Å². The largest absolute Gasteiger partial charge is 0.509 e.